The third-order valence-corrected chi connectivity index (χ3v) is 3.26. The van der Waals surface area contributed by atoms with E-state index in [4.69, 9.17) is 4.74 Å². The highest BCUT2D eigenvalue weighted by Crippen LogP contribution is 2.05. The zero-order chi connectivity index (χ0) is 16.1. The third kappa shape index (κ3) is 10.5. The molecule has 2 N–H and O–H groups in total. The van der Waals surface area contributed by atoms with Gasteiger partial charge in [-0.1, -0.05) is 0 Å². The van der Waals surface area contributed by atoms with E-state index in [9.17, 15) is 0 Å². The second kappa shape index (κ2) is 12.9. The lowest BCUT2D eigenvalue weighted by atomic mass is 10.2. The molecule has 0 radical (unpaired) electrons. The van der Waals surface area contributed by atoms with Gasteiger partial charge in [0.25, 0.3) is 0 Å². The van der Waals surface area contributed by atoms with Gasteiger partial charge in [-0.15, -0.1) is 0 Å². The average Bonchev–Trinajstić information content (AvgIpc) is 2.42. The van der Waals surface area contributed by atoms with Crippen molar-refractivity contribution in [3.05, 3.63) is 0 Å². The number of rotatable bonds is 11. The molecule has 0 aromatic heterocycles. The molecule has 0 heterocycles. The topological polar surface area (TPSA) is 48.9 Å². The predicted molar refractivity (Wildman–Crippen MR) is 92.1 cm³/mol. The maximum Gasteiger partial charge on any atom is 0.191 e. The highest BCUT2D eigenvalue weighted by atomic mass is 16.5. The van der Waals surface area contributed by atoms with Crippen molar-refractivity contribution in [2.24, 2.45) is 4.99 Å². The first-order chi connectivity index (χ1) is 10.0. The summed E-state index contributed by atoms with van der Waals surface area (Å²) in [6.07, 6.45) is 1.08. The van der Waals surface area contributed by atoms with E-state index in [0.29, 0.717) is 12.1 Å². The Morgan fingerprint density at radius 1 is 1.10 bits per heavy atom. The van der Waals surface area contributed by atoms with Crippen LogP contribution in [0, 0.1) is 0 Å². The van der Waals surface area contributed by atoms with Gasteiger partial charge in [0.1, 0.15) is 0 Å². The summed E-state index contributed by atoms with van der Waals surface area (Å²) in [5, 5.41) is 6.55. The standard InChI is InChI=1S/C16H36N4O/c1-7-17-16(19-11-13-21-8-2)18-10-9-12-20(14(3)4)15(5)6/h14-15H,7-13H2,1-6H3,(H2,17,18,19). The van der Waals surface area contributed by atoms with E-state index in [1.54, 1.807) is 0 Å². The van der Waals surface area contributed by atoms with Gasteiger partial charge in [-0.05, 0) is 48.0 Å². The van der Waals surface area contributed by atoms with Crippen LogP contribution in [-0.4, -0.2) is 62.3 Å². The molecule has 0 aliphatic rings. The van der Waals surface area contributed by atoms with Crippen LogP contribution in [0.4, 0.5) is 0 Å². The lowest BCUT2D eigenvalue weighted by Crippen LogP contribution is -2.40. The number of aliphatic imine (C=N–C) groups is 1. The second-order valence-electron chi connectivity index (χ2n) is 5.66. The zero-order valence-corrected chi connectivity index (χ0v) is 14.9. The van der Waals surface area contributed by atoms with Crippen LogP contribution in [0.5, 0.6) is 0 Å². The Morgan fingerprint density at radius 3 is 2.29 bits per heavy atom. The van der Waals surface area contributed by atoms with Gasteiger partial charge in [-0.3, -0.25) is 9.89 Å². The summed E-state index contributed by atoms with van der Waals surface area (Å²) in [6.45, 7) is 18.2. The molecule has 5 heteroatoms. The van der Waals surface area contributed by atoms with Crippen LogP contribution in [0.15, 0.2) is 4.99 Å². The van der Waals surface area contributed by atoms with Crippen LogP contribution in [-0.2, 0) is 4.74 Å². The number of hydrogen-bond acceptors (Lipinski definition) is 3. The molecule has 0 saturated heterocycles. The quantitative estimate of drug-likeness (QED) is 0.348. The summed E-state index contributed by atoms with van der Waals surface area (Å²) >= 11 is 0. The fourth-order valence-electron chi connectivity index (χ4n) is 2.28. The van der Waals surface area contributed by atoms with E-state index in [1.165, 1.54) is 0 Å². The van der Waals surface area contributed by atoms with E-state index in [2.05, 4.69) is 55.1 Å². The minimum Gasteiger partial charge on any atom is -0.380 e. The Bertz CT molecular complexity index is 259. The van der Waals surface area contributed by atoms with Crippen LogP contribution in [0.2, 0.25) is 0 Å². The first kappa shape index (κ1) is 20.2. The van der Waals surface area contributed by atoms with Crippen molar-refractivity contribution in [2.75, 3.05) is 39.4 Å². The zero-order valence-electron chi connectivity index (χ0n) is 14.9. The number of nitrogens with one attached hydrogen (secondary N) is 2. The highest BCUT2D eigenvalue weighted by molar-refractivity contribution is 5.79. The molecule has 0 aromatic rings. The number of nitrogens with zero attached hydrogens (tertiary/aromatic N) is 2. The molecule has 0 fully saturated rings. The van der Waals surface area contributed by atoms with Gasteiger partial charge in [-0.2, -0.15) is 0 Å². The van der Waals surface area contributed by atoms with Crippen LogP contribution in [0.3, 0.4) is 0 Å². The van der Waals surface area contributed by atoms with Crippen molar-refractivity contribution >= 4 is 5.96 Å². The third-order valence-electron chi connectivity index (χ3n) is 3.26. The lowest BCUT2D eigenvalue weighted by Gasteiger charge is -2.30. The lowest BCUT2D eigenvalue weighted by molar-refractivity contribution is 0.152. The molecule has 126 valence electrons. The van der Waals surface area contributed by atoms with Crippen molar-refractivity contribution in [1.82, 2.24) is 15.5 Å². The summed E-state index contributed by atoms with van der Waals surface area (Å²) in [5.41, 5.74) is 0. The van der Waals surface area contributed by atoms with E-state index in [-0.39, 0.29) is 0 Å². The van der Waals surface area contributed by atoms with Crippen molar-refractivity contribution in [1.29, 1.82) is 0 Å². The van der Waals surface area contributed by atoms with Crippen molar-refractivity contribution in [3.63, 3.8) is 0 Å². The van der Waals surface area contributed by atoms with E-state index < -0.39 is 0 Å². The van der Waals surface area contributed by atoms with E-state index in [1.807, 2.05) is 6.92 Å². The van der Waals surface area contributed by atoms with Gasteiger partial charge in [0, 0.05) is 44.9 Å². The van der Waals surface area contributed by atoms with Crippen LogP contribution < -0.4 is 10.6 Å². The summed E-state index contributed by atoms with van der Waals surface area (Å²) in [5.74, 6) is 0.887. The Labute approximate surface area is 131 Å². The normalized spacial score (nSPS) is 12.5. The Kier molecular flexibility index (Phi) is 12.4. The molecule has 0 rings (SSSR count). The predicted octanol–water partition coefficient (Wildman–Crippen LogP) is 2.09. The van der Waals surface area contributed by atoms with Crippen molar-refractivity contribution in [3.8, 4) is 0 Å². The molecular weight excluding hydrogens is 264 g/mol. The molecule has 0 amide bonds. The van der Waals surface area contributed by atoms with E-state index in [0.717, 1.165) is 51.8 Å². The smallest absolute Gasteiger partial charge is 0.191 e. The Morgan fingerprint density at radius 2 is 1.76 bits per heavy atom. The fraction of sp³-hybridized carbons (Fsp3) is 0.938. The van der Waals surface area contributed by atoms with Gasteiger partial charge >= 0.3 is 0 Å². The average molecular weight is 300 g/mol. The number of ether oxygens (including phenoxy) is 1. The molecule has 0 saturated carbocycles. The highest BCUT2D eigenvalue weighted by Gasteiger charge is 2.12. The molecule has 21 heavy (non-hydrogen) atoms. The first-order valence-electron chi connectivity index (χ1n) is 8.38. The SMILES string of the molecule is CCNC(=NCCCN(C(C)C)C(C)C)NCCOCC. The summed E-state index contributed by atoms with van der Waals surface area (Å²) in [4.78, 5) is 7.12. The molecule has 0 aliphatic heterocycles. The Hall–Kier alpha value is -0.810. The maximum absolute atomic E-state index is 5.32. The molecule has 0 atom stereocenters. The van der Waals surface area contributed by atoms with Crippen LogP contribution in [0.25, 0.3) is 0 Å². The number of guanidine groups is 1. The van der Waals surface area contributed by atoms with Crippen LogP contribution in [0.1, 0.15) is 48.0 Å². The Balaban J connectivity index is 4.07. The molecular formula is C16H36N4O. The largest absolute Gasteiger partial charge is 0.380 e. The minimum atomic E-state index is 0.589. The van der Waals surface area contributed by atoms with Gasteiger partial charge < -0.3 is 15.4 Å². The molecule has 0 aliphatic carbocycles. The monoisotopic (exact) mass is 300 g/mol. The van der Waals surface area contributed by atoms with Crippen LogP contribution >= 0.6 is 0 Å². The second-order valence-corrected chi connectivity index (χ2v) is 5.66. The molecule has 0 unspecified atom stereocenters. The van der Waals surface area contributed by atoms with Gasteiger partial charge in [-0.25, -0.2) is 0 Å². The summed E-state index contributed by atoms with van der Waals surface area (Å²) in [7, 11) is 0. The molecule has 0 aromatic carbocycles. The fourth-order valence-corrected chi connectivity index (χ4v) is 2.28. The van der Waals surface area contributed by atoms with Gasteiger partial charge in [0.2, 0.25) is 0 Å². The molecule has 0 bridgehead atoms. The molecule has 5 nitrogen and oxygen atoms in total. The first-order valence-corrected chi connectivity index (χ1v) is 8.38. The van der Waals surface area contributed by atoms with Crippen molar-refractivity contribution < 1.29 is 4.74 Å². The van der Waals surface area contributed by atoms with Gasteiger partial charge in [0.15, 0.2) is 5.96 Å². The number of hydrogen-bond donors (Lipinski definition) is 2. The summed E-state index contributed by atoms with van der Waals surface area (Å²) < 4.78 is 5.32. The van der Waals surface area contributed by atoms with Crippen molar-refractivity contribution in [2.45, 2.75) is 60.0 Å². The van der Waals surface area contributed by atoms with Gasteiger partial charge in [0.05, 0.1) is 6.61 Å². The molecule has 0 spiro atoms. The minimum absolute atomic E-state index is 0.589. The summed E-state index contributed by atoms with van der Waals surface area (Å²) in [6, 6.07) is 1.18. The van der Waals surface area contributed by atoms with E-state index >= 15 is 0 Å². The maximum atomic E-state index is 5.32.